The second-order valence-electron chi connectivity index (χ2n) is 5.01. The van der Waals surface area contributed by atoms with Crippen LogP contribution in [0.25, 0.3) is 0 Å². The maximum atomic E-state index is 12.6. The van der Waals surface area contributed by atoms with Crippen molar-refractivity contribution in [3.63, 3.8) is 0 Å². The molecule has 2 rings (SSSR count). The molecule has 25 heavy (non-hydrogen) atoms. The molecule has 2 aromatic carbocycles. The molecule has 0 unspecified atom stereocenters. The van der Waals surface area contributed by atoms with Crippen LogP contribution in [0.4, 0.5) is 24.5 Å². The van der Waals surface area contributed by atoms with E-state index in [0.717, 1.165) is 18.2 Å². The minimum Gasteiger partial charge on any atom is -0.326 e. The van der Waals surface area contributed by atoms with Crippen LogP contribution in [0.3, 0.4) is 0 Å². The lowest BCUT2D eigenvalue weighted by Gasteiger charge is -2.10. The molecule has 0 bridgehead atoms. The van der Waals surface area contributed by atoms with Crippen LogP contribution >= 0.6 is 23.2 Å². The van der Waals surface area contributed by atoms with Crippen molar-refractivity contribution in [2.75, 3.05) is 10.6 Å². The van der Waals surface area contributed by atoms with Gasteiger partial charge in [-0.3, -0.25) is 9.59 Å². The fourth-order valence-corrected chi connectivity index (χ4v) is 2.48. The molecule has 2 amide bonds. The molecule has 0 saturated heterocycles. The number of halogens is 5. The lowest BCUT2D eigenvalue weighted by molar-refractivity contribution is -0.137. The van der Waals surface area contributed by atoms with Gasteiger partial charge in [-0.2, -0.15) is 13.2 Å². The number of hydrogen-bond donors (Lipinski definition) is 2. The smallest absolute Gasteiger partial charge is 0.326 e. The number of carbonyl (C=O) groups excluding carboxylic acids is 2. The van der Waals surface area contributed by atoms with Crippen molar-refractivity contribution in [2.45, 2.75) is 12.6 Å². The lowest BCUT2D eigenvalue weighted by atomic mass is 10.2. The van der Waals surface area contributed by atoms with Crippen LogP contribution in [0.5, 0.6) is 0 Å². The van der Waals surface area contributed by atoms with Gasteiger partial charge in [-0.25, -0.2) is 0 Å². The molecule has 9 heteroatoms. The maximum absolute atomic E-state index is 12.6. The first-order valence-corrected chi connectivity index (χ1v) is 7.62. The van der Waals surface area contributed by atoms with E-state index in [4.69, 9.17) is 23.2 Å². The molecule has 4 nitrogen and oxygen atoms in total. The minimum absolute atomic E-state index is 0.0570. The van der Waals surface area contributed by atoms with Crippen LogP contribution in [0.1, 0.15) is 12.0 Å². The Hall–Kier alpha value is -2.25. The first-order chi connectivity index (χ1) is 11.6. The molecule has 0 aliphatic rings. The Bertz CT molecular complexity index is 790. The average Bonchev–Trinajstić information content (AvgIpc) is 2.44. The van der Waals surface area contributed by atoms with Crippen LogP contribution < -0.4 is 10.6 Å². The van der Waals surface area contributed by atoms with Crippen molar-refractivity contribution in [2.24, 2.45) is 0 Å². The van der Waals surface area contributed by atoms with E-state index in [1.807, 2.05) is 0 Å². The zero-order valence-corrected chi connectivity index (χ0v) is 14.0. The highest BCUT2D eigenvalue weighted by atomic mass is 35.5. The maximum Gasteiger partial charge on any atom is 0.416 e. The fraction of sp³-hybridized carbons (Fsp3) is 0.125. The van der Waals surface area contributed by atoms with E-state index < -0.39 is 30.0 Å². The van der Waals surface area contributed by atoms with E-state index in [0.29, 0.717) is 15.7 Å². The van der Waals surface area contributed by atoms with Gasteiger partial charge in [0.25, 0.3) is 0 Å². The van der Waals surface area contributed by atoms with Crippen molar-refractivity contribution in [3.05, 3.63) is 58.1 Å². The zero-order valence-electron chi connectivity index (χ0n) is 12.5. The summed E-state index contributed by atoms with van der Waals surface area (Å²) < 4.78 is 37.9. The summed E-state index contributed by atoms with van der Waals surface area (Å²) in [6, 6.07) is 8.47. The summed E-state index contributed by atoms with van der Waals surface area (Å²) in [7, 11) is 0. The van der Waals surface area contributed by atoms with Crippen LogP contribution in [0, 0.1) is 0 Å². The predicted octanol–water partition coefficient (Wildman–Crippen LogP) is 4.98. The molecule has 2 N–H and O–H groups in total. The summed E-state index contributed by atoms with van der Waals surface area (Å²) in [5.74, 6) is -1.42. The highest BCUT2D eigenvalue weighted by Crippen LogP contribution is 2.30. The normalized spacial score (nSPS) is 11.1. The van der Waals surface area contributed by atoms with Crippen molar-refractivity contribution in [1.29, 1.82) is 0 Å². The van der Waals surface area contributed by atoms with Gasteiger partial charge in [0.15, 0.2) is 0 Å². The van der Waals surface area contributed by atoms with E-state index >= 15 is 0 Å². The number of hydrogen-bond acceptors (Lipinski definition) is 2. The Morgan fingerprint density at radius 2 is 1.44 bits per heavy atom. The van der Waals surface area contributed by atoms with Gasteiger partial charge in [0, 0.05) is 21.4 Å². The topological polar surface area (TPSA) is 58.2 Å². The monoisotopic (exact) mass is 390 g/mol. The quantitative estimate of drug-likeness (QED) is 0.723. The third-order valence-electron chi connectivity index (χ3n) is 2.94. The third kappa shape index (κ3) is 5.95. The Balaban J connectivity index is 1.97. The van der Waals surface area contributed by atoms with Gasteiger partial charge in [-0.05, 0) is 36.4 Å². The molecular formula is C16H11Cl2F3N2O2. The van der Waals surface area contributed by atoms with Crippen molar-refractivity contribution >= 4 is 46.4 Å². The minimum atomic E-state index is -4.52. The molecule has 132 valence electrons. The Labute approximate surface area is 150 Å². The van der Waals surface area contributed by atoms with Gasteiger partial charge in [-0.15, -0.1) is 0 Å². The van der Waals surface area contributed by atoms with Gasteiger partial charge < -0.3 is 10.6 Å². The lowest BCUT2D eigenvalue weighted by Crippen LogP contribution is -2.21. The number of nitrogens with one attached hydrogen (secondary N) is 2. The molecule has 0 aliphatic heterocycles. The van der Waals surface area contributed by atoms with Crippen LogP contribution in [-0.4, -0.2) is 11.8 Å². The summed E-state index contributed by atoms with van der Waals surface area (Å²) in [5.41, 5.74) is -0.656. The summed E-state index contributed by atoms with van der Waals surface area (Å²) in [4.78, 5) is 23.6. The van der Waals surface area contributed by atoms with Crippen LogP contribution in [-0.2, 0) is 15.8 Å². The Morgan fingerprint density at radius 3 is 2.00 bits per heavy atom. The number of benzene rings is 2. The van der Waals surface area contributed by atoms with E-state index in [2.05, 4.69) is 10.6 Å². The van der Waals surface area contributed by atoms with Gasteiger partial charge >= 0.3 is 6.18 Å². The van der Waals surface area contributed by atoms with Gasteiger partial charge in [0.1, 0.15) is 6.42 Å². The highest BCUT2D eigenvalue weighted by molar-refractivity contribution is 6.35. The highest BCUT2D eigenvalue weighted by Gasteiger charge is 2.30. The van der Waals surface area contributed by atoms with Crippen molar-refractivity contribution in [3.8, 4) is 0 Å². The number of anilines is 2. The summed E-state index contributed by atoms with van der Waals surface area (Å²) in [5, 5.41) is 5.27. The summed E-state index contributed by atoms with van der Waals surface area (Å²) in [6.45, 7) is 0. The van der Waals surface area contributed by atoms with Crippen LogP contribution in [0.2, 0.25) is 10.0 Å². The number of amides is 2. The first kappa shape index (κ1) is 19.1. The standard InChI is InChI=1S/C16H11Cl2F3N2O2/c17-10-5-11(18)7-13(6-10)23-15(25)8-14(24)22-12-3-1-2-9(4-12)16(19,20)21/h1-7H,8H2,(H,22,24)(H,23,25). The number of alkyl halides is 3. The molecule has 0 atom stereocenters. The number of rotatable bonds is 4. The zero-order chi connectivity index (χ0) is 18.6. The third-order valence-corrected chi connectivity index (χ3v) is 3.38. The van der Waals surface area contributed by atoms with Crippen LogP contribution in [0.15, 0.2) is 42.5 Å². The molecule has 0 aromatic heterocycles. The second-order valence-corrected chi connectivity index (χ2v) is 5.88. The molecule has 2 aromatic rings. The van der Waals surface area contributed by atoms with E-state index in [1.54, 1.807) is 0 Å². The molecule has 0 radical (unpaired) electrons. The molecule has 0 spiro atoms. The number of carbonyl (C=O) groups is 2. The van der Waals surface area contributed by atoms with Crippen molar-refractivity contribution in [1.82, 2.24) is 0 Å². The molecule has 0 aliphatic carbocycles. The average molecular weight is 391 g/mol. The molecule has 0 heterocycles. The van der Waals surface area contributed by atoms with E-state index in [9.17, 15) is 22.8 Å². The predicted molar refractivity (Wildman–Crippen MR) is 89.8 cm³/mol. The molecular weight excluding hydrogens is 380 g/mol. The second kappa shape index (κ2) is 7.76. The van der Waals surface area contributed by atoms with Crippen molar-refractivity contribution < 1.29 is 22.8 Å². The van der Waals surface area contributed by atoms with E-state index in [-0.39, 0.29) is 5.69 Å². The van der Waals surface area contributed by atoms with Gasteiger partial charge in [0.2, 0.25) is 11.8 Å². The molecule has 0 saturated carbocycles. The summed E-state index contributed by atoms with van der Waals surface area (Å²) in [6.07, 6.45) is -5.11. The SMILES string of the molecule is O=C(CC(=O)Nc1cccc(C(F)(F)F)c1)Nc1cc(Cl)cc(Cl)c1. The fourth-order valence-electron chi connectivity index (χ4n) is 1.96. The summed E-state index contributed by atoms with van der Waals surface area (Å²) >= 11 is 11.6. The van der Waals surface area contributed by atoms with Gasteiger partial charge in [0.05, 0.1) is 5.56 Å². The largest absolute Gasteiger partial charge is 0.416 e. The molecule has 0 fully saturated rings. The van der Waals surface area contributed by atoms with Gasteiger partial charge in [-0.1, -0.05) is 29.3 Å². The first-order valence-electron chi connectivity index (χ1n) is 6.86. The van der Waals surface area contributed by atoms with E-state index in [1.165, 1.54) is 24.3 Å². The Kier molecular flexibility index (Phi) is 5.92. The Morgan fingerprint density at radius 1 is 0.880 bits per heavy atom.